The van der Waals surface area contributed by atoms with Crippen LogP contribution in [0.5, 0.6) is 0 Å². The third kappa shape index (κ3) is 3.21. The van der Waals surface area contributed by atoms with Crippen LogP contribution in [-0.4, -0.2) is 55.1 Å². The van der Waals surface area contributed by atoms with Crippen LogP contribution in [0.3, 0.4) is 0 Å². The van der Waals surface area contributed by atoms with E-state index in [1.165, 1.54) is 38.8 Å². The van der Waals surface area contributed by atoms with E-state index in [0.717, 1.165) is 19.1 Å². The Morgan fingerprint density at radius 2 is 1.82 bits per heavy atom. The van der Waals surface area contributed by atoms with Crippen LogP contribution in [-0.2, 0) is 0 Å². The number of hydrogen-bond donors (Lipinski definition) is 1. The van der Waals surface area contributed by atoms with E-state index in [1.54, 1.807) is 0 Å². The Morgan fingerprint density at radius 3 is 2.41 bits per heavy atom. The first-order valence-corrected chi connectivity index (χ1v) is 7.16. The number of nitrogens with two attached hydrogens (primary N) is 1. The molecule has 2 aliphatic rings. The average molecular weight is 239 g/mol. The zero-order valence-electron chi connectivity index (χ0n) is 11.8. The van der Waals surface area contributed by atoms with E-state index in [-0.39, 0.29) is 0 Å². The summed E-state index contributed by atoms with van der Waals surface area (Å²) in [5.41, 5.74) is 6.40. The summed E-state index contributed by atoms with van der Waals surface area (Å²) in [5, 5.41) is 0. The lowest BCUT2D eigenvalue weighted by molar-refractivity contribution is 0.109. The third-order valence-corrected chi connectivity index (χ3v) is 4.37. The largest absolute Gasteiger partial charge is 0.329 e. The summed E-state index contributed by atoms with van der Waals surface area (Å²) in [6.45, 7) is 9.12. The van der Waals surface area contributed by atoms with E-state index >= 15 is 0 Å². The van der Waals surface area contributed by atoms with Crippen molar-refractivity contribution in [3.63, 3.8) is 0 Å². The van der Waals surface area contributed by atoms with Gasteiger partial charge in [0, 0.05) is 38.3 Å². The van der Waals surface area contributed by atoms with Crippen LogP contribution in [0.15, 0.2) is 0 Å². The molecule has 0 amide bonds. The molecule has 1 heterocycles. The fraction of sp³-hybridized carbons (Fsp3) is 1.00. The van der Waals surface area contributed by atoms with Gasteiger partial charge in [0.25, 0.3) is 0 Å². The van der Waals surface area contributed by atoms with Gasteiger partial charge in [0.1, 0.15) is 0 Å². The highest BCUT2D eigenvalue weighted by Crippen LogP contribution is 2.31. The molecule has 2 fully saturated rings. The molecule has 1 aliphatic heterocycles. The Hall–Kier alpha value is -0.120. The minimum Gasteiger partial charge on any atom is -0.329 e. The highest BCUT2D eigenvalue weighted by Gasteiger charge is 2.36. The molecule has 1 atom stereocenters. The van der Waals surface area contributed by atoms with Crippen LogP contribution in [0.1, 0.15) is 39.5 Å². The predicted octanol–water partition coefficient (Wildman–Crippen LogP) is 1.53. The minimum atomic E-state index is 0.390. The lowest BCUT2D eigenvalue weighted by Crippen LogP contribution is -2.50. The van der Waals surface area contributed by atoms with Crippen molar-refractivity contribution >= 4 is 0 Å². The van der Waals surface area contributed by atoms with Gasteiger partial charge in [-0.3, -0.25) is 4.90 Å². The van der Waals surface area contributed by atoms with Gasteiger partial charge in [0.15, 0.2) is 0 Å². The first-order valence-electron chi connectivity index (χ1n) is 7.16. The van der Waals surface area contributed by atoms with Crippen molar-refractivity contribution in [2.24, 2.45) is 11.1 Å². The lowest BCUT2D eigenvalue weighted by atomic mass is 9.92. The first kappa shape index (κ1) is 13.3. The fourth-order valence-electron chi connectivity index (χ4n) is 3.81. The monoisotopic (exact) mass is 239 g/mol. The summed E-state index contributed by atoms with van der Waals surface area (Å²) in [4.78, 5) is 5.20. The van der Waals surface area contributed by atoms with Crippen molar-refractivity contribution in [3.8, 4) is 0 Å². The van der Waals surface area contributed by atoms with Crippen molar-refractivity contribution < 1.29 is 0 Å². The second-order valence-electron chi connectivity index (χ2n) is 6.86. The molecule has 1 saturated carbocycles. The summed E-state index contributed by atoms with van der Waals surface area (Å²) in [5.74, 6) is 0. The van der Waals surface area contributed by atoms with Crippen LogP contribution in [0.4, 0.5) is 0 Å². The van der Waals surface area contributed by atoms with Crippen molar-refractivity contribution in [2.45, 2.75) is 51.6 Å². The Morgan fingerprint density at radius 1 is 1.18 bits per heavy atom. The highest BCUT2D eigenvalue weighted by molar-refractivity contribution is 4.92. The fourth-order valence-corrected chi connectivity index (χ4v) is 3.81. The van der Waals surface area contributed by atoms with Crippen LogP contribution in [0.25, 0.3) is 0 Å². The molecule has 3 nitrogen and oxygen atoms in total. The van der Waals surface area contributed by atoms with Crippen LogP contribution in [0, 0.1) is 5.41 Å². The molecule has 1 unspecified atom stereocenters. The van der Waals surface area contributed by atoms with Crippen LogP contribution >= 0.6 is 0 Å². The lowest BCUT2D eigenvalue weighted by Gasteiger charge is -2.37. The second kappa shape index (κ2) is 5.25. The predicted molar refractivity (Wildman–Crippen MR) is 73.1 cm³/mol. The molecule has 0 aromatic heterocycles. The smallest absolute Gasteiger partial charge is 0.0348 e. The van der Waals surface area contributed by atoms with Gasteiger partial charge >= 0.3 is 0 Å². The molecule has 2 N–H and O–H groups in total. The summed E-state index contributed by atoms with van der Waals surface area (Å²) in [6, 6.07) is 1.36. The highest BCUT2D eigenvalue weighted by atomic mass is 15.3. The first-order chi connectivity index (χ1) is 8.02. The molecule has 0 bridgehead atoms. The van der Waals surface area contributed by atoms with E-state index in [1.807, 2.05) is 0 Å². The summed E-state index contributed by atoms with van der Waals surface area (Å²) in [7, 11) is 2.24. The molecule has 17 heavy (non-hydrogen) atoms. The maximum Gasteiger partial charge on any atom is 0.0348 e. The Labute approximate surface area is 106 Å². The standard InChI is InChI=1S/C14H29N3/c1-14(2)10-16(3)9-13(8-15)17(11-14)12-6-4-5-7-12/h12-13H,4-11,15H2,1-3H3. The van der Waals surface area contributed by atoms with Crippen molar-refractivity contribution in [3.05, 3.63) is 0 Å². The van der Waals surface area contributed by atoms with Crippen molar-refractivity contribution in [2.75, 3.05) is 33.2 Å². The number of likely N-dealkylation sites (N-methyl/N-ethyl adjacent to an activating group) is 1. The molecule has 1 aliphatic carbocycles. The molecule has 3 heteroatoms. The van der Waals surface area contributed by atoms with Gasteiger partial charge in [0.2, 0.25) is 0 Å². The van der Waals surface area contributed by atoms with Crippen molar-refractivity contribution in [1.82, 2.24) is 9.80 Å². The van der Waals surface area contributed by atoms with Crippen LogP contribution < -0.4 is 5.73 Å². The quantitative estimate of drug-likeness (QED) is 0.793. The molecule has 0 aromatic carbocycles. The Bertz CT molecular complexity index is 246. The minimum absolute atomic E-state index is 0.390. The van der Waals surface area contributed by atoms with E-state index in [2.05, 4.69) is 30.7 Å². The van der Waals surface area contributed by atoms with E-state index in [0.29, 0.717) is 11.5 Å². The molecular formula is C14H29N3. The van der Waals surface area contributed by atoms with Gasteiger partial charge in [-0.05, 0) is 25.3 Å². The molecule has 0 radical (unpaired) electrons. The number of hydrogen-bond acceptors (Lipinski definition) is 3. The topological polar surface area (TPSA) is 32.5 Å². The number of nitrogens with zero attached hydrogens (tertiary/aromatic N) is 2. The third-order valence-electron chi connectivity index (χ3n) is 4.37. The average Bonchev–Trinajstić information content (AvgIpc) is 2.71. The van der Waals surface area contributed by atoms with E-state index < -0.39 is 0 Å². The summed E-state index contributed by atoms with van der Waals surface area (Å²) in [6.07, 6.45) is 5.59. The molecule has 1 saturated heterocycles. The van der Waals surface area contributed by atoms with Gasteiger partial charge < -0.3 is 10.6 Å². The molecule has 0 spiro atoms. The van der Waals surface area contributed by atoms with E-state index in [4.69, 9.17) is 5.73 Å². The molecule has 100 valence electrons. The van der Waals surface area contributed by atoms with Crippen LogP contribution in [0.2, 0.25) is 0 Å². The molecule has 2 rings (SSSR count). The van der Waals surface area contributed by atoms with Gasteiger partial charge in [-0.15, -0.1) is 0 Å². The summed E-state index contributed by atoms with van der Waals surface area (Å²) >= 11 is 0. The SMILES string of the molecule is CN1CC(CN)N(C2CCCC2)CC(C)(C)C1. The second-order valence-corrected chi connectivity index (χ2v) is 6.86. The van der Waals surface area contributed by atoms with E-state index in [9.17, 15) is 0 Å². The maximum absolute atomic E-state index is 6.01. The zero-order valence-corrected chi connectivity index (χ0v) is 11.8. The molecular weight excluding hydrogens is 210 g/mol. The zero-order chi connectivity index (χ0) is 12.5. The Kier molecular flexibility index (Phi) is 4.11. The van der Waals surface area contributed by atoms with Gasteiger partial charge in [-0.2, -0.15) is 0 Å². The maximum atomic E-state index is 6.01. The molecule has 0 aromatic rings. The normalized spacial score (nSPS) is 32.8. The number of rotatable bonds is 2. The van der Waals surface area contributed by atoms with Gasteiger partial charge in [-0.1, -0.05) is 26.7 Å². The van der Waals surface area contributed by atoms with Gasteiger partial charge in [-0.25, -0.2) is 0 Å². The van der Waals surface area contributed by atoms with Crippen molar-refractivity contribution in [1.29, 1.82) is 0 Å². The Balaban J connectivity index is 2.13. The van der Waals surface area contributed by atoms with Gasteiger partial charge in [0.05, 0.1) is 0 Å². The summed E-state index contributed by atoms with van der Waals surface area (Å²) < 4.78 is 0.